The molecule has 0 saturated carbocycles. The number of benzene rings is 2. The van der Waals surface area contributed by atoms with Crippen LogP contribution in [-0.4, -0.2) is 45.9 Å². The van der Waals surface area contributed by atoms with Gasteiger partial charge < -0.3 is 10.1 Å². The first-order valence-corrected chi connectivity index (χ1v) is 10.7. The molecule has 2 atom stereocenters. The van der Waals surface area contributed by atoms with Crippen molar-refractivity contribution < 1.29 is 9.53 Å². The van der Waals surface area contributed by atoms with Crippen LogP contribution in [-0.2, 0) is 29.2 Å². The van der Waals surface area contributed by atoms with Gasteiger partial charge in [-0.15, -0.1) is 0 Å². The van der Waals surface area contributed by atoms with Gasteiger partial charge in [-0.2, -0.15) is 5.10 Å². The lowest BCUT2D eigenvalue weighted by Crippen LogP contribution is -2.45. The normalized spacial score (nSPS) is 19.4. The average Bonchev–Trinajstić information content (AvgIpc) is 2.75. The summed E-state index contributed by atoms with van der Waals surface area (Å²) in [6.45, 7) is 7.33. The van der Waals surface area contributed by atoms with Gasteiger partial charge in [-0.1, -0.05) is 36.4 Å². The molecule has 162 valence electrons. The summed E-state index contributed by atoms with van der Waals surface area (Å²) in [5.74, 6) is -0.148. The van der Waals surface area contributed by atoms with E-state index in [1.54, 1.807) is 22.9 Å². The summed E-state index contributed by atoms with van der Waals surface area (Å²) in [7, 11) is 0. The van der Waals surface area contributed by atoms with Crippen molar-refractivity contribution >= 4 is 16.8 Å². The first-order valence-electron chi connectivity index (χ1n) is 10.7. The molecule has 1 aromatic heterocycles. The third kappa shape index (κ3) is 5.18. The van der Waals surface area contributed by atoms with Crippen LogP contribution in [0.1, 0.15) is 25.0 Å². The van der Waals surface area contributed by atoms with Crippen molar-refractivity contribution in [2.45, 2.75) is 45.7 Å². The molecule has 7 heteroatoms. The number of hydrogen-bond acceptors (Lipinski definition) is 5. The molecule has 1 N–H and O–H groups in total. The van der Waals surface area contributed by atoms with Gasteiger partial charge in [0.15, 0.2) is 0 Å². The molecule has 2 heterocycles. The second-order valence-electron chi connectivity index (χ2n) is 8.18. The zero-order valence-corrected chi connectivity index (χ0v) is 18.0. The fourth-order valence-corrected chi connectivity index (χ4v) is 4.21. The average molecular weight is 421 g/mol. The lowest BCUT2D eigenvalue weighted by Gasteiger charge is -2.35. The molecule has 0 bridgehead atoms. The minimum absolute atomic E-state index is 0.0570. The van der Waals surface area contributed by atoms with E-state index in [9.17, 15) is 9.59 Å². The predicted octanol–water partition coefficient (Wildman–Crippen LogP) is 2.32. The molecule has 1 aliphatic rings. The van der Waals surface area contributed by atoms with Crippen molar-refractivity contribution in [3.8, 4) is 0 Å². The quantitative estimate of drug-likeness (QED) is 0.662. The van der Waals surface area contributed by atoms with E-state index in [1.807, 2.05) is 18.2 Å². The summed E-state index contributed by atoms with van der Waals surface area (Å²) < 4.78 is 7.40. The standard InChI is InChI=1S/C24H28N4O3/c1-17-13-27(14-18(2)31-17)15-20-8-4-3-7-19(20)11-25-24(30)16-28-22-10-6-5-9-21(22)23(29)12-26-28/h3-10,12,17-18H,11,13-16H2,1-2H3,(H,25,30). The first kappa shape index (κ1) is 21.2. The largest absolute Gasteiger partial charge is 0.373 e. The van der Waals surface area contributed by atoms with Gasteiger partial charge in [-0.25, -0.2) is 0 Å². The molecule has 1 saturated heterocycles. The molecule has 0 aliphatic carbocycles. The Balaban J connectivity index is 1.41. The molecule has 0 spiro atoms. The SMILES string of the molecule is CC1CN(Cc2ccccc2CNC(=O)Cn2ncc(=O)c3ccccc32)CC(C)O1. The van der Waals surface area contributed by atoms with Crippen LogP contribution in [0, 0.1) is 0 Å². The number of carbonyl (C=O) groups excluding carboxylic acids is 1. The lowest BCUT2D eigenvalue weighted by atomic mass is 10.1. The fourth-order valence-electron chi connectivity index (χ4n) is 4.21. The Hall–Kier alpha value is -3.03. The first-order chi connectivity index (χ1) is 15.0. The van der Waals surface area contributed by atoms with E-state index >= 15 is 0 Å². The summed E-state index contributed by atoms with van der Waals surface area (Å²) in [6.07, 6.45) is 1.70. The molecule has 1 aliphatic heterocycles. The van der Waals surface area contributed by atoms with Crippen LogP contribution in [0.15, 0.2) is 59.5 Å². The molecule has 2 aromatic carbocycles. The Morgan fingerprint density at radius 3 is 2.52 bits per heavy atom. The third-order valence-corrected chi connectivity index (χ3v) is 5.54. The number of amides is 1. The van der Waals surface area contributed by atoms with E-state index < -0.39 is 0 Å². The molecule has 1 fully saturated rings. The molecular weight excluding hydrogens is 392 g/mol. The number of para-hydroxylation sites is 1. The van der Waals surface area contributed by atoms with Gasteiger partial charge in [0, 0.05) is 31.6 Å². The number of hydrogen-bond donors (Lipinski definition) is 1. The summed E-state index contributed by atoms with van der Waals surface area (Å²) in [5, 5.41) is 7.70. The van der Waals surface area contributed by atoms with Crippen molar-refractivity contribution in [3.63, 3.8) is 0 Å². The van der Waals surface area contributed by atoms with Crippen LogP contribution >= 0.6 is 0 Å². The highest BCUT2D eigenvalue weighted by Gasteiger charge is 2.22. The maximum absolute atomic E-state index is 12.6. The molecule has 1 amide bonds. The molecule has 0 radical (unpaired) electrons. The van der Waals surface area contributed by atoms with E-state index in [4.69, 9.17) is 4.74 Å². The zero-order valence-electron chi connectivity index (χ0n) is 18.0. The Morgan fingerprint density at radius 1 is 1.06 bits per heavy atom. The number of rotatable bonds is 6. The van der Waals surface area contributed by atoms with Gasteiger partial charge >= 0.3 is 0 Å². The third-order valence-electron chi connectivity index (χ3n) is 5.54. The topological polar surface area (TPSA) is 76.5 Å². The molecule has 2 unspecified atom stereocenters. The highest BCUT2D eigenvalue weighted by molar-refractivity contribution is 5.81. The van der Waals surface area contributed by atoms with E-state index in [2.05, 4.69) is 41.3 Å². The Morgan fingerprint density at radius 2 is 1.74 bits per heavy atom. The number of aromatic nitrogens is 2. The van der Waals surface area contributed by atoms with Crippen molar-refractivity contribution in [2.24, 2.45) is 0 Å². The van der Waals surface area contributed by atoms with Crippen LogP contribution in [0.25, 0.3) is 10.9 Å². The number of fused-ring (bicyclic) bond motifs is 1. The molecule has 31 heavy (non-hydrogen) atoms. The summed E-state index contributed by atoms with van der Waals surface area (Å²) in [4.78, 5) is 27.0. The van der Waals surface area contributed by atoms with E-state index in [-0.39, 0.29) is 30.1 Å². The maximum Gasteiger partial charge on any atom is 0.242 e. The van der Waals surface area contributed by atoms with Gasteiger partial charge in [-0.05, 0) is 37.1 Å². The number of carbonyl (C=O) groups is 1. The van der Waals surface area contributed by atoms with E-state index in [0.717, 1.165) is 25.2 Å². The van der Waals surface area contributed by atoms with Crippen LogP contribution in [0.2, 0.25) is 0 Å². The maximum atomic E-state index is 12.6. The van der Waals surface area contributed by atoms with Crippen molar-refractivity contribution in [3.05, 3.63) is 76.1 Å². The molecule has 4 rings (SSSR count). The summed E-state index contributed by atoms with van der Waals surface area (Å²) in [5.41, 5.74) is 2.81. The Kier molecular flexibility index (Phi) is 6.44. The van der Waals surface area contributed by atoms with Crippen molar-refractivity contribution in [1.82, 2.24) is 20.0 Å². The van der Waals surface area contributed by atoms with Crippen molar-refractivity contribution in [1.29, 1.82) is 0 Å². The predicted molar refractivity (Wildman–Crippen MR) is 120 cm³/mol. The van der Waals surface area contributed by atoms with Crippen LogP contribution in [0.5, 0.6) is 0 Å². The Bertz CT molecular complexity index is 1120. The second kappa shape index (κ2) is 9.41. The number of nitrogens with one attached hydrogen (secondary N) is 1. The minimum Gasteiger partial charge on any atom is -0.373 e. The highest BCUT2D eigenvalue weighted by Crippen LogP contribution is 2.17. The minimum atomic E-state index is -0.148. The van der Waals surface area contributed by atoms with Crippen LogP contribution in [0.3, 0.4) is 0 Å². The van der Waals surface area contributed by atoms with E-state index in [0.29, 0.717) is 17.4 Å². The number of nitrogens with zero attached hydrogens (tertiary/aromatic N) is 3. The smallest absolute Gasteiger partial charge is 0.242 e. The van der Waals surface area contributed by atoms with Crippen LogP contribution in [0.4, 0.5) is 0 Å². The van der Waals surface area contributed by atoms with Gasteiger partial charge in [0.1, 0.15) is 6.54 Å². The highest BCUT2D eigenvalue weighted by atomic mass is 16.5. The second-order valence-corrected chi connectivity index (χ2v) is 8.18. The molecule has 3 aromatic rings. The monoisotopic (exact) mass is 420 g/mol. The summed E-state index contributed by atoms with van der Waals surface area (Å²) in [6, 6.07) is 15.4. The van der Waals surface area contributed by atoms with Crippen LogP contribution < -0.4 is 10.7 Å². The molecule has 7 nitrogen and oxygen atoms in total. The van der Waals surface area contributed by atoms with Crippen molar-refractivity contribution in [2.75, 3.05) is 13.1 Å². The fraction of sp³-hybridized carbons (Fsp3) is 0.375. The number of morpholine rings is 1. The Labute approximate surface area is 181 Å². The zero-order chi connectivity index (χ0) is 21.8. The van der Waals surface area contributed by atoms with E-state index in [1.165, 1.54) is 11.8 Å². The number of ether oxygens (including phenoxy) is 1. The lowest BCUT2D eigenvalue weighted by molar-refractivity contribution is -0.121. The van der Waals surface area contributed by atoms with Gasteiger partial charge in [0.25, 0.3) is 0 Å². The summed E-state index contributed by atoms with van der Waals surface area (Å²) >= 11 is 0. The van der Waals surface area contributed by atoms with Gasteiger partial charge in [0.05, 0.1) is 23.9 Å². The van der Waals surface area contributed by atoms with Gasteiger partial charge in [-0.3, -0.25) is 19.2 Å². The van der Waals surface area contributed by atoms with Gasteiger partial charge in [0.2, 0.25) is 11.3 Å². The molecular formula is C24H28N4O3.